The Bertz CT molecular complexity index is 1100. The molecule has 28 heavy (non-hydrogen) atoms. The van der Waals surface area contributed by atoms with E-state index in [9.17, 15) is 9.59 Å². The molecule has 0 spiro atoms. The van der Waals surface area contributed by atoms with Gasteiger partial charge in [0.2, 0.25) is 5.95 Å². The van der Waals surface area contributed by atoms with Crippen LogP contribution in [0.3, 0.4) is 0 Å². The van der Waals surface area contributed by atoms with Crippen molar-refractivity contribution < 1.29 is 9.53 Å². The predicted octanol–water partition coefficient (Wildman–Crippen LogP) is 1.08. The number of primary amides is 1. The average molecular weight is 383 g/mol. The number of aromatic amines is 1. The number of imidazole rings is 1. The monoisotopic (exact) mass is 383 g/mol. The normalized spacial score (nSPS) is 12.0. The zero-order valence-corrected chi connectivity index (χ0v) is 15.8. The zero-order chi connectivity index (χ0) is 20.4. The number of aromatic nitrogens is 4. The molecular formula is C18H21N7O3. The Hall–Kier alpha value is -3.69. The Morgan fingerprint density at radius 1 is 1.46 bits per heavy atom. The molecule has 0 saturated heterocycles. The van der Waals surface area contributed by atoms with Crippen molar-refractivity contribution in [1.29, 1.82) is 5.41 Å². The highest BCUT2D eigenvalue weighted by Gasteiger charge is 2.22. The van der Waals surface area contributed by atoms with Gasteiger partial charge in [0.25, 0.3) is 5.91 Å². The van der Waals surface area contributed by atoms with Crippen LogP contribution in [-0.4, -0.2) is 51.8 Å². The second-order valence-corrected chi connectivity index (χ2v) is 6.16. The first kappa shape index (κ1) is 19.1. The molecule has 10 nitrogen and oxygen atoms in total. The number of benzene rings is 1. The molecule has 0 saturated carbocycles. The van der Waals surface area contributed by atoms with Gasteiger partial charge in [0.15, 0.2) is 11.3 Å². The highest BCUT2D eigenvalue weighted by atomic mass is 16.5. The van der Waals surface area contributed by atoms with E-state index in [1.165, 1.54) is 17.9 Å². The lowest BCUT2D eigenvalue weighted by molar-refractivity contribution is 0.0997. The van der Waals surface area contributed by atoms with Crippen LogP contribution < -0.4 is 21.1 Å². The first-order valence-corrected chi connectivity index (χ1v) is 8.61. The Labute approximate surface area is 160 Å². The van der Waals surface area contributed by atoms with Crippen LogP contribution in [0.5, 0.6) is 5.75 Å². The molecule has 146 valence electrons. The number of nitrogens with two attached hydrogens (primary N) is 1. The van der Waals surface area contributed by atoms with Gasteiger partial charge in [0, 0.05) is 19.3 Å². The van der Waals surface area contributed by atoms with Crippen LogP contribution in [0.1, 0.15) is 23.8 Å². The van der Waals surface area contributed by atoms with Gasteiger partial charge in [-0.05, 0) is 18.6 Å². The minimum Gasteiger partial charge on any atom is -0.497 e. The van der Waals surface area contributed by atoms with E-state index in [1.807, 2.05) is 6.92 Å². The third-order valence-electron chi connectivity index (χ3n) is 4.49. The summed E-state index contributed by atoms with van der Waals surface area (Å²) in [6, 6.07) is 6.62. The molecule has 0 radical (unpaired) electrons. The minimum atomic E-state index is -0.788. The van der Waals surface area contributed by atoms with Crippen LogP contribution in [0, 0.1) is 5.41 Å². The number of methoxy groups -OCH3 is 1. The van der Waals surface area contributed by atoms with E-state index in [0.29, 0.717) is 17.9 Å². The van der Waals surface area contributed by atoms with Crippen molar-refractivity contribution in [2.45, 2.75) is 19.4 Å². The van der Waals surface area contributed by atoms with E-state index in [-0.39, 0.29) is 28.8 Å². The van der Waals surface area contributed by atoms with Crippen LogP contribution in [0.25, 0.3) is 16.9 Å². The number of hydrogen-bond acceptors (Lipinski definition) is 7. The summed E-state index contributed by atoms with van der Waals surface area (Å²) in [5.41, 5.74) is 5.79. The largest absolute Gasteiger partial charge is 0.497 e. The Morgan fingerprint density at radius 2 is 2.21 bits per heavy atom. The van der Waals surface area contributed by atoms with E-state index in [0.717, 1.165) is 0 Å². The maximum absolute atomic E-state index is 12.6. The SMILES string of the molecule is CC[C@@H](C=N)N(C)c1nc(C(N)=O)c2[nH]c(=O)n(-c3cccc(OC)c3)c2n1. The standard InChI is InChI=1S/C18H21N7O3/c1-4-10(9-19)24(2)17-21-13(15(20)26)14-16(23-17)25(18(27)22-14)11-6-5-7-12(8-11)28-3/h5-10,19H,4H2,1-3H3,(H2,20,26)(H,22,27)/t10-/m0/s1. The van der Waals surface area contributed by atoms with Crippen LogP contribution in [0.15, 0.2) is 29.1 Å². The molecule has 3 aromatic rings. The predicted molar refractivity (Wildman–Crippen MR) is 106 cm³/mol. The van der Waals surface area contributed by atoms with Crippen molar-refractivity contribution in [1.82, 2.24) is 19.5 Å². The molecule has 0 fully saturated rings. The molecule has 2 heterocycles. The lowest BCUT2D eigenvalue weighted by Gasteiger charge is -2.24. The summed E-state index contributed by atoms with van der Waals surface area (Å²) in [5.74, 6) is -0.0357. The number of nitrogens with zero attached hydrogens (tertiary/aromatic N) is 4. The molecule has 2 aromatic heterocycles. The number of anilines is 1. The van der Waals surface area contributed by atoms with Gasteiger partial charge >= 0.3 is 5.69 Å². The van der Waals surface area contributed by atoms with Gasteiger partial charge in [0.1, 0.15) is 11.3 Å². The summed E-state index contributed by atoms with van der Waals surface area (Å²) in [5, 5.41) is 7.58. The number of fused-ring (bicyclic) bond motifs is 1. The highest BCUT2D eigenvalue weighted by molar-refractivity contribution is 6.02. The van der Waals surface area contributed by atoms with Gasteiger partial charge in [-0.3, -0.25) is 4.79 Å². The molecular weight excluding hydrogens is 362 g/mol. The summed E-state index contributed by atoms with van der Waals surface area (Å²) in [4.78, 5) is 37.6. The molecule has 3 rings (SSSR count). The molecule has 1 aromatic carbocycles. The van der Waals surface area contributed by atoms with Crippen molar-refractivity contribution in [3.8, 4) is 11.4 Å². The molecule has 1 atom stereocenters. The second kappa shape index (κ2) is 7.51. The third kappa shape index (κ3) is 3.20. The van der Waals surface area contributed by atoms with Crippen LogP contribution in [0.2, 0.25) is 0 Å². The van der Waals surface area contributed by atoms with Gasteiger partial charge in [-0.2, -0.15) is 4.98 Å². The Kier molecular flexibility index (Phi) is 5.12. The fraction of sp³-hybridized carbons (Fsp3) is 0.278. The molecule has 0 aliphatic carbocycles. The molecule has 0 aliphatic heterocycles. The molecule has 0 aliphatic rings. The molecule has 0 bridgehead atoms. The number of H-pyrrole nitrogens is 1. The molecule has 10 heteroatoms. The summed E-state index contributed by atoms with van der Waals surface area (Å²) >= 11 is 0. The maximum Gasteiger partial charge on any atom is 0.332 e. The summed E-state index contributed by atoms with van der Waals surface area (Å²) in [7, 11) is 3.24. The topological polar surface area (TPSA) is 143 Å². The number of carbonyl (C=O) groups is 1. The van der Waals surface area contributed by atoms with Gasteiger partial charge < -0.3 is 25.8 Å². The second-order valence-electron chi connectivity index (χ2n) is 6.16. The lowest BCUT2D eigenvalue weighted by Crippen LogP contribution is -2.34. The van der Waals surface area contributed by atoms with Crippen LogP contribution in [0.4, 0.5) is 5.95 Å². The van der Waals surface area contributed by atoms with Crippen LogP contribution >= 0.6 is 0 Å². The van der Waals surface area contributed by atoms with Crippen molar-refractivity contribution in [3.63, 3.8) is 0 Å². The van der Waals surface area contributed by atoms with Crippen molar-refractivity contribution in [3.05, 3.63) is 40.4 Å². The van der Waals surface area contributed by atoms with Gasteiger partial charge in [-0.1, -0.05) is 13.0 Å². The van der Waals surface area contributed by atoms with Crippen molar-refractivity contribution in [2.75, 3.05) is 19.1 Å². The van der Waals surface area contributed by atoms with E-state index < -0.39 is 11.6 Å². The number of hydrogen-bond donors (Lipinski definition) is 3. The minimum absolute atomic E-state index is 0.0922. The first-order chi connectivity index (χ1) is 13.4. The smallest absolute Gasteiger partial charge is 0.332 e. The van der Waals surface area contributed by atoms with E-state index >= 15 is 0 Å². The van der Waals surface area contributed by atoms with Crippen LogP contribution in [-0.2, 0) is 0 Å². The lowest BCUT2D eigenvalue weighted by atomic mass is 10.2. The van der Waals surface area contributed by atoms with Crippen molar-refractivity contribution >= 4 is 29.2 Å². The molecule has 0 unspecified atom stereocenters. The fourth-order valence-corrected chi connectivity index (χ4v) is 2.95. The number of nitrogens with one attached hydrogen (secondary N) is 2. The van der Waals surface area contributed by atoms with Gasteiger partial charge in [0.05, 0.1) is 18.8 Å². The number of ether oxygens (including phenoxy) is 1. The summed E-state index contributed by atoms with van der Waals surface area (Å²) < 4.78 is 6.55. The molecule has 4 N–H and O–H groups in total. The van der Waals surface area contributed by atoms with E-state index in [4.69, 9.17) is 15.9 Å². The first-order valence-electron chi connectivity index (χ1n) is 8.61. The molecule has 1 amide bonds. The van der Waals surface area contributed by atoms with E-state index in [2.05, 4.69) is 15.0 Å². The number of carbonyl (C=O) groups excluding carboxylic acids is 1. The maximum atomic E-state index is 12.6. The van der Waals surface area contributed by atoms with E-state index in [1.54, 1.807) is 36.2 Å². The average Bonchev–Trinajstić information content (AvgIpc) is 3.03. The highest BCUT2D eigenvalue weighted by Crippen LogP contribution is 2.22. The number of amides is 1. The Morgan fingerprint density at radius 3 is 2.82 bits per heavy atom. The van der Waals surface area contributed by atoms with Gasteiger partial charge in [-0.15, -0.1) is 0 Å². The summed E-state index contributed by atoms with van der Waals surface area (Å²) in [6.07, 6.45) is 1.91. The van der Waals surface area contributed by atoms with Crippen molar-refractivity contribution in [2.24, 2.45) is 5.73 Å². The zero-order valence-electron chi connectivity index (χ0n) is 15.8. The number of rotatable bonds is 7. The summed E-state index contributed by atoms with van der Waals surface area (Å²) in [6.45, 7) is 1.92. The van der Waals surface area contributed by atoms with Gasteiger partial charge in [-0.25, -0.2) is 14.3 Å². The Balaban J connectivity index is 2.31. The quantitative estimate of drug-likeness (QED) is 0.521. The fourth-order valence-electron chi connectivity index (χ4n) is 2.95. The third-order valence-corrected chi connectivity index (χ3v) is 4.49.